The van der Waals surface area contributed by atoms with Crippen molar-refractivity contribution in [1.29, 1.82) is 0 Å². The van der Waals surface area contributed by atoms with Crippen molar-refractivity contribution in [3.63, 3.8) is 0 Å². The quantitative estimate of drug-likeness (QED) is 0.722. The Kier molecular flexibility index (Phi) is 5.41. The van der Waals surface area contributed by atoms with Crippen molar-refractivity contribution < 1.29 is 9.59 Å². The minimum Gasteiger partial charge on any atom is -0.370 e. The van der Waals surface area contributed by atoms with E-state index in [-0.39, 0.29) is 17.9 Å². The molecule has 1 rings (SSSR count). The van der Waals surface area contributed by atoms with Crippen LogP contribution in [0.25, 0.3) is 0 Å². The van der Waals surface area contributed by atoms with E-state index in [9.17, 15) is 9.59 Å². The maximum Gasteiger partial charge on any atom is 0.224 e. The van der Waals surface area contributed by atoms with Crippen molar-refractivity contribution in [2.75, 3.05) is 13.1 Å². The Morgan fingerprint density at radius 3 is 2.41 bits per heavy atom. The first kappa shape index (κ1) is 14.0. The summed E-state index contributed by atoms with van der Waals surface area (Å²) in [6.45, 7) is 3.44. The molecule has 4 N–H and O–H groups in total. The first-order chi connectivity index (χ1) is 8.02. The lowest BCUT2D eigenvalue weighted by Gasteiger charge is -2.32. The molecule has 1 aliphatic heterocycles. The number of rotatable bonds is 5. The molecule has 5 heteroatoms. The topological polar surface area (TPSA) is 89.4 Å². The highest BCUT2D eigenvalue weighted by molar-refractivity contribution is 5.77. The minimum atomic E-state index is -0.247. The van der Waals surface area contributed by atoms with Crippen molar-refractivity contribution in [3.05, 3.63) is 0 Å². The largest absolute Gasteiger partial charge is 0.370 e. The molecule has 0 aromatic rings. The van der Waals surface area contributed by atoms with Crippen LogP contribution in [0.3, 0.4) is 0 Å². The van der Waals surface area contributed by atoms with Crippen LogP contribution in [0.1, 0.15) is 39.0 Å². The average Bonchev–Trinajstić information content (AvgIpc) is 2.28. The van der Waals surface area contributed by atoms with Gasteiger partial charge in [-0.05, 0) is 25.2 Å². The Labute approximate surface area is 103 Å². The number of piperidine rings is 1. The van der Waals surface area contributed by atoms with Gasteiger partial charge in [0.15, 0.2) is 0 Å². The second-order valence-corrected chi connectivity index (χ2v) is 4.87. The highest BCUT2D eigenvalue weighted by Crippen LogP contribution is 2.20. The number of carbonyl (C=O) groups is 2. The van der Waals surface area contributed by atoms with Gasteiger partial charge in [0.1, 0.15) is 0 Å². The normalized spacial score (nSPS) is 19.1. The molecule has 0 aliphatic carbocycles. The fourth-order valence-electron chi connectivity index (χ4n) is 2.17. The summed E-state index contributed by atoms with van der Waals surface area (Å²) in [7, 11) is 0. The molecule has 1 saturated heterocycles. The van der Waals surface area contributed by atoms with E-state index in [0.29, 0.717) is 18.8 Å². The summed E-state index contributed by atoms with van der Waals surface area (Å²) in [6.07, 6.45) is 3.43. The molecule has 0 bridgehead atoms. The van der Waals surface area contributed by atoms with Crippen LogP contribution in [0.5, 0.6) is 0 Å². The number of primary amides is 1. The zero-order valence-corrected chi connectivity index (χ0v) is 10.5. The van der Waals surface area contributed by atoms with Crippen LogP contribution < -0.4 is 11.5 Å². The van der Waals surface area contributed by atoms with Crippen LogP contribution in [0.2, 0.25) is 0 Å². The van der Waals surface area contributed by atoms with E-state index in [2.05, 4.69) is 0 Å². The molecule has 17 heavy (non-hydrogen) atoms. The van der Waals surface area contributed by atoms with Gasteiger partial charge in [-0.2, -0.15) is 0 Å². The standard InChI is InChI=1S/C12H23N3O2/c1-2-10(13)8-12(17)15-5-3-9(4-6-15)7-11(14)16/h9-10H,2-8,13H2,1H3,(H2,14,16). The van der Waals surface area contributed by atoms with E-state index in [4.69, 9.17) is 11.5 Å². The van der Waals surface area contributed by atoms with Crippen LogP contribution in [0.4, 0.5) is 0 Å². The fraction of sp³-hybridized carbons (Fsp3) is 0.833. The van der Waals surface area contributed by atoms with Gasteiger partial charge in [-0.3, -0.25) is 9.59 Å². The van der Waals surface area contributed by atoms with Crippen molar-refractivity contribution in [2.45, 2.75) is 45.1 Å². The summed E-state index contributed by atoms with van der Waals surface area (Å²) in [5.74, 6) is 0.232. The van der Waals surface area contributed by atoms with Crippen LogP contribution in [0.15, 0.2) is 0 Å². The summed E-state index contributed by atoms with van der Waals surface area (Å²) in [5.41, 5.74) is 10.9. The second-order valence-electron chi connectivity index (χ2n) is 4.87. The molecule has 0 aromatic carbocycles. The maximum atomic E-state index is 11.9. The first-order valence-corrected chi connectivity index (χ1v) is 6.34. The molecule has 0 radical (unpaired) electrons. The number of nitrogens with two attached hydrogens (primary N) is 2. The van der Waals surface area contributed by atoms with Gasteiger partial charge in [-0.15, -0.1) is 0 Å². The zero-order valence-electron chi connectivity index (χ0n) is 10.5. The van der Waals surface area contributed by atoms with Crippen LogP contribution in [-0.4, -0.2) is 35.8 Å². The van der Waals surface area contributed by atoms with Gasteiger partial charge in [-0.1, -0.05) is 6.92 Å². The van der Waals surface area contributed by atoms with Gasteiger partial charge < -0.3 is 16.4 Å². The molecule has 1 atom stereocenters. The number of amides is 2. The van der Waals surface area contributed by atoms with Crippen molar-refractivity contribution >= 4 is 11.8 Å². The number of hydrogen-bond donors (Lipinski definition) is 2. The number of nitrogens with zero attached hydrogens (tertiary/aromatic N) is 1. The van der Waals surface area contributed by atoms with Crippen molar-refractivity contribution in [1.82, 2.24) is 4.90 Å². The maximum absolute atomic E-state index is 11.9. The Morgan fingerprint density at radius 1 is 1.35 bits per heavy atom. The molecular weight excluding hydrogens is 218 g/mol. The molecule has 0 saturated carbocycles. The Balaban J connectivity index is 2.31. The predicted molar refractivity (Wildman–Crippen MR) is 66.0 cm³/mol. The Bertz CT molecular complexity index is 273. The van der Waals surface area contributed by atoms with E-state index in [1.165, 1.54) is 0 Å². The third-order valence-corrected chi connectivity index (χ3v) is 3.42. The monoisotopic (exact) mass is 241 g/mol. The zero-order chi connectivity index (χ0) is 12.8. The summed E-state index contributed by atoms with van der Waals surface area (Å²) >= 11 is 0. The number of carbonyl (C=O) groups excluding carboxylic acids is 2. The fourth-order valence-corrected chi connectivity index (χ4v) is 2.17. The number of likely N-dealkylation sites (tertiary alicyclic amines) is 1. The third kappa shape index (κ3) is 4.73. The summed E-state index contributed by atoms with van der Waals surface area (Å²) in [6, 6.07) is -0.0363. The lowest BCUT2D eigenvalue weighted by molar-refractivity contribution is -0.133. The Hall–Kier alpha value is -1.10. The molecule has 2 amide bonds. The van der Waals surface area contributed by atoms with E-state index in [1.807, 2.05) is 11.8 Å². The smallest absolute Gasteiger partial charge is 0.224 e. The molecule has 1 unspecified atom stereocenters. The van der Waals surface area contributed by atoms with Crippen molar-refractivity contribution in [3.8, 4) is 0 Å². The highest BCUT2D eigenvalue weighted by Gasteiger charge is 2.24. The van der Waals surface area contributed by atoms with Crippen LogP contribution in [-0.2, 0) is 9.59 Å². The highest BCUT2D eigenvalue weighted by atomic mass is 16.2. The molecule has 0 aromatic heterocycles. The minimum absolute atomic E-state index is 0.0363. The lowest BCUT2D eigenvalue weighted by atomic mass is 9.93. The van der Waals surface area contributed by atoms with E-state index in [0.717, 1.165) is 32.4 Å². The van der Waals surface area contributed by atoms with Crippen molar-refractivity contribution in [2.24, 2.45) is 17.4 Å². The molecule has 5 nitrogen and oxygen atoms in total. The summed E-state index contributed by atoms with van der Waals surface area (Å²) in [5, 5.41) is 0. The van der Waals surface area contributed by atoms with Crippen LogP contribution in [0, 0.1) is 5.92 Å². The van der Waals surface area contributed by atoms with E-state index in [1.54, 1.807) is 0 Å². The average molecular weight is 241 g/mol. The summed E-state index contributed by atoms with van der Waals surface area (Å²) < 4.78 is 0. The van der Waals surface area contributed by atoms with Gasteiger partial charge >= 0.3 is 0 Å². The molecule has 1 aliphatic rings. The van der Waals surface area contributed by atoms with Gasteiger partial charge in [0.05, 0.1) is 0 Å². The first-order valence-electron chi connectivity index (χ1n) is 6.34. The molecular formula is C12H23N3O2. The third-order valence-electron chi connectivity index (χ3n) is 3.42. The second kappa shape index (κ2) is 6.59. The Morgan fingerprint density at radius 2 is 1.94 bits per heavy atom. The van der Waals surface area contributed by atoms with Gasteiger partial charge in [-0.25, -0.2) is 0 Å². The van der Waals surface area contributed by atoms with Gasteiger partial charge in [0.25, 0.3) is 0 Å². The molecule has 98 valence electrons. The molecule has 1 fully saturated rings. The lowest BCUT2D eigenvalue weighted by Crippen LogP contribution is -2.41. The van der Waals surface area contributed by atoms with E-state index >= 15 is 0 Å². The van der Waals surface area contributed by atoms with Crippen LogP contribution >= 0.6 is 0 Å². The molecule has 0 spiro atoms. The predicted octanol–water partition coefficient (Wildman–Crippen LogP) is 0.228. The SMILES string of the molecule is CCC(N)CC(=O)N1CCC(CC(N)=O)CC1. The molecule has 1 heterocycles. The van der Waals surface area contributed by atoms with E-state index < -0.39 is 0 Å². The van der Waals surface area contributed by atoms with Gasteiger partial charge in [0, 0.05) is 32.0 Å². The number of hydrogen-bond acceptors (Lipinski definition) is 3. The summed E-state index contributed by atoms with van der Waals surface area (Å²) in [4.78, 5) is 24.5. The van der Waals surface area contributed by atoms with Gasteiger partial charge in [0.2, 0.25) is 11.8 Å².